The molecule has 3 unspecified atom stereocenters. The number of hydrogen-bond donors (Lipinski definition) is 1. The van der Waals surface area contributed by atoms with Gasteiger partial charge in [0.15, 0.2) is 0 Å². The smallest absolute Gasteiger partial charge is 0.00721 e. The Morgan fingerprint density at radius 3 is 2.50 bits per heavy atom. The Labute approximate surface area is 102 Å². The van der Waals surface area contributed by atoms with Crippen LogP contribution >= 0.6 is 0 Å². The minimum absolute atomic E-state index is 0.711. The lowest BCUT2D eigenvalue weighted by atomic mass is 9.84. The summed E-state index contributed by atoms with van der Waals surface area (Å²) in [7, 11) is 0. The molecule has 0 aromatic heterocycles. The van der Waals surface area contributed by atoms with Crippen molar-refractivity contribution in [1.29, 1.82) is 0 Å². The second-order valence-electron chi connectivity index (χ2n) is 6.18. The van der Waals surface area contributed by atoms with E-state index in [2.05, 4.69) is 33.0 Å². The molecular formula is C15H31N. The van der Waals surface area contributed by atoms with Gasteiger partial charge in [-0.25, -0.2) is 0 Å². The van der Waals surface area contributed by atoms with Crippen LogP contribution in [0.2, 0.25) is 0 Å². The van der Waals surface area contributed by atoms with Crippen molar-refractivity contribution < 1.29 is 0 Å². The molecule has 1 aliphatic rings. The van der Waals surface area contributed by atoms with Crippen LogP contribution in [0.3, 0.4) is 0 Å². The van der Waals surface area contributed by atoms with Crippen LogP contribution in [0.5, 0.6) is 0 Å². The molecule has 0 bridgehead atoms. The molecule has 0 saturated heterocycles. The van der Waals surface area contributed by atoms with Crippen molar-refractivity contribution in [2.45, 2.75) is 84.7 Å². The molecule has 1 saturated carbocycles. The summed E-state index contributed by atoms with van der Waals surface area (Å²) in [6.07, 6.45) is 9.80. The monoisotopic (exact) mass is 225 g/mol. The minimum atomic E-state index is 0.711. The zero-order chi connectivity index (χ0) is 12.0. The van der Waals surface area contributed by atoms with E-state index in [1.54, 1.807) is 0 Å². The number of nitrogens with one attached hydrogen (secondary N) is 1. The third-order valence-corrected chi connectivity index (χ3v) is 4.06. The van der Waals surface area contributed by atoms with Crippen LogP contribution in [-0.2, 0) is 0 Å². The molecule has 96 valence electrons. The number of rotatable bonds is 6. The molecule has 1 heteroatoms. The summed E-state index contributed by atoms with van der Waals surface area (Å²) in [5.41, 5.74) is 0. The normalized spacial score (nSPS) is 28.3. The SMILES string of the molecule is CCC1CCCC(NC(C)CCC(C)C)C1. The van der Waals surface area contributed by atoms with Crippen LogP contribution in [0.1, 0.15) is 72.6 Å². The topological polar surface area (TPSA) is 12.0 Å². The average Bonchev–Trinajstić information content (AvgIpc) is 2.26. The summed E-state index contributed by atoms with van der Waals surface area (Å²) in [6, 6.07) is 1.52. The van der Waals surface area contributed by atoms with Crippen molar-refractivity contribution in [1.82, 2.24) is 5.32 Å². The highest BCUT2D eigenvalue weighted by Crippen LogP contribution is 2.27. The van der Waals surface area contributed by atoms with Crippen LogP contribution in [0, 0.1) is 11.8 Å². The quantitative estimate of drug-likeness (QED) is 0.708. The van der Waals surface area contributed by atoms with Gasteiger partial charge in [0.2, 0.25) is 0 Å². The highest BCUT2D eigenvalue weighted by atomic mass is 14.9. The Morgan fingerprint density at radius 1 is 1.12 bits per heavy atom. The molecule has 0 radical (unpaired) electrons. The molecule has 0 spiro atoms. The van der Waals surface area contributed by atoms with Crippen LogP contribution in [0.4, 0.5) is 0 Å². The van der Waals surface area contributed by atoms with Crippen molar-refractivity contribution in [2.24, 2.45) is 11.8 Å². The van der Waals surface area contributed by atoms with Crippen molar-refractivity contribution in [3.63, 3.8) is 0 Å². The highest BCUT2D eigenvalue weighted by molar-refractivity contribution is 4.79. The second-order valence-corrected chi connectivity index (χ2v) is 6.18. The summed E-state index contributed by atoms with van der Waals surface area (Å²) < 4.78 is 0. The fourth-order valence-electron chi connectivity index (χ4n) is 2.88. The minimum Gasteiger partial charge on any atom is -0.311 e. The zero-order valence-corrected chi connectivity index (χ0v) is 11.8. The van der Waals surface area contributed by atoms with Crippen molar-refractivity contribution >= 4 is 0 Å². The Balaban J connectivity index is 2.19. The lowest BCUT2D eigenvalue weighted by Gasteiger charge is -2.31. The first kappa shape index (κ1) is 14.0. The fraction of sp³-hybridized carbons (Fsp3) is 1.00. The maximum absolute atomic E-state index is 3.84. The van der Waals surface area contributed by atoms with Crippen LogP contribution in [0.25, 0.3) is 0 Å². The maximum atomic E-state index is 3.84. The summed E-state index contributed by atoms with van der Waals surface area (Å²) >= 11 is 0. The van der Waals surface area contributed by atoms with E-state index < -0.39 is 0 Å². The van der Waals surface area contributed by atoms with Gasteiger partial charge in [0.05, 0.1) is 0 Å². The van der Waals surface area contributed by atoms with E-state index in [-0.39, 0.29) is 0 Å². The van der Waals surface area contributed by atoms with E-state index in [0.717, 1.165) is 17.9 Å². The van der Waals surface area contributed by atoms with Gasteiger partial charge in [-0.15, -0.1) is 0 Å². The van der Waals surface area contributed by atoms with Crippen molar-refractivity contribution in [2.75, 3.05) is 0 Å². The molecule has 1 N–H and O–H groups in total. The van der Waals surface area contributed by atoms with Crippen LogP contribution in [0.15, 0.2) is 0 Å². The number of hydrogen-bond acceptors (Lipinski definition) is 1. The van der Waals surface area contributed by atoms with Gasteiger partial charge in [-0.3, -0.25) is 0 Å². The summed E-state index contributed by atoms with van der Waals surface area (Å²) in [6.45, 7) is 9.34. The molecule has 1 rings (SSSR count). The van der Waals surface area contributed by atoms with E-state index in [1.165, 1.54) is 44.9 Å². The molecule has 1 aliphatic carbocycles. The highest BCUT2D eigenvalue weighted by Gasteiger charge is 2.21. The third kappa shape index (κ3) is 5.34. The van der Waals surface area contributed by atoms with E-state index in [9.17, 15) is 0 Å². The molecule has 16 heavy (non-hydrogen) atoms. The second kappa shape index (κ2) is 7.32. The van der Waals surface area contributed by atoms with Crippen molar-refractivity contribution in [3.8, 4) is 0 Å². The standard InChI is InChI=1S/C15H31N/c1-5-14-7-6-8-15(11-14)16-13(4)10-9-12(2)3/h12-16H,5-11H2,1-4H3. The predicted octanol–water partition coefficient (Wildman–Crippen LogP) is 4.37. The molecule has 1 fully saturated rings. The van der Waals surface area contributed by atoms with E-state index in [1.807, 2.05) is 0 Å². The van der Waals surface area contributed by atoms with Gasteiger partial charge in [-0.1, -0.05) is 40.0 Å². The van der Waals surface area contributed by atoms with Gasteiger partial charge in [-0.05, 0) is 44.4 Å². The molecule has 0 amide bonds. The molecule has 3 atom stereocenters. The summed E-state index contributed by atoms with van der Waals surface area (Å²) in [5.74, 6) is 1.84. The van der Waals surface area contributed by atoms with Gasteiger partial charge in [0.1, 0.15) is 0 Å². The van der Waals surface area contributed by atoms with Crippen LogP contribution < -0.4 is 5.32 Å². The average molecular weight is 225 g/mol. The van der Waals surface area contributed by atoms with E-state index in [4.69, 9.17) is 0 Å². The zero-order valence-electron chi connectivity index (χ0n) is 11.8. The molecular weight excluding hydrogens is 194 g/mol. The summed E-state index contributed by atoms with van der Waals surface area (Å²) in [5, 5.41) is 3.84. The third-order valence-electron chi connectivity index (χ3n) is 4.06. The van der Waals surface area contributed by atoms with Gasteiger partial charge in [0.25, 0.3) is 0 Å². The van der Waals surface area contributed by atoms with E-state index >= 15 is 0 Å². The lowest BCUT2D eigenvalue weighted by molar-refractivity contribution is 0.259. The van der Waals surface area contributed by atoms with Gasteiger partial charge in [0, 0.05) is 12.1 Å². The Bertz CT molecular complexity index is 176. The van der Waals surface area contributed by atoms with Crippen molar-refractivity contribution in [3.05, 3.63) is 0 Å². The Hall–Kier alpha value is -0.0400. The largest absolute Gasteiger partial charge is 0.311 e. The predicted molar refractivity (Wildman–Crippen MR) is 72.7 cm³/mol. The first-order valence-corrected chi connectivity index (χ1v) is 7.37. The molecule has 0 aromatic carbocycles. The molecule has 1 nitrogen and oxygen atoms in total. The van der Waals surface area contributed by atoms with E-state index in [0.29, 0.717) is 6.04 Å². The van der Waals surface area contributed by atoms with Gasteiger partial charge >= 0.3 is 0 Å². The van der Waals surface area contributed by atoms with Gasteiger partial charge in [-0.2, -0.15) is 0 Å². The first-order valence-electron chi connectivity index (χ1n) is 7.37. The lowest BCUT2D eigenvalue weighted by Crippen LogP contribution is -2.39. The van der Waals surface area contributed by atoms with Crippen LogP contribution in [-0.4, -0.2) is 12.1 Å². The Kier molecular flexibility index (Phi) is 6.41. The fourth-order valence-corrected chi connectivity index (χ4v) is 2.88. The first-order chi connectivity index (χ1) is 7.61. The van der Waals surface area contributed by atoms with Gasteiger partial charge < -0.3 is 5.32 Å². The molecule has 0 aromatic rings. The maximum Gasteiger partial charge on any atom is 0.00721 e. The molecule has 0 heterocycles. The summed E-state index contributed by atoms with van der Waals surface area (Å²) in [4.78, 5) is 0. The Morgan fingerprint density at radius 2 is 1.88 bits per heavy atom. The molecule has 0 aliphatic heterocycles.